The van der Waals surface area contributed by atoms with Gasteiger partial charge in [0.05, 0.1) is 25.4 Å². The zero-order valence-corrected chi connectivity index (χ0v) is 17.0. The molecule has 1 N–H and O–H groups in total. The third kappa shape index (κ3) is 4.83. The van der Waals surface area contributed by atoms with Crippen molar-refractivity contribution in [2.75, 3.05) is 43.5 Å². The van der Waals surface area contributed by atoms with E-state index in [9.17, 15) is 0 Å². The fraction of sp³-hybridized carbons (Fsp3) is 0.381. The van der Waals surface area contributed by atoms with E-state index >= 15 is 0 Å². The zero-order chi connectivity index (χ0) is 19.2. The molecule has 0 fully saturated rings. The first-order valence-corrected chi connectivity index (χ1v) is 9.77. The largest absolute Gasteiger partial charge is 0.494 e. The van der Waals surface area contributed by atoms with E-state index in [1.807, 2.05) is 61.3 Å². The summed E-state index contributed by atoms with van der Waals surface area (Å²) in [5.41, 5.74) is 2.11. The van der Waals surface area contributed by atoms with Crippen molar-refractivity contribution in [1.82, 2.24) is 4.90 Å². The van der Waals surface area contributed by atoms with Crippen molar-refractivity contribution >= 4 is 28.7 Å². The lowest BCUT2D eigenvalue weighted by atomic mass is 10.2. The van der Waals surface area contributed by atoms with Gasteiger partial charge < -0.3 is 24.6 Å². The monoisotopic (exact) mass is 385 g/mol. The normalized spacial score (nSPS) is 15.5. The molecule has 0 aliphatic carbocycles. The van der Waals surface area contributed by atoms with Gasteiger partial charge in [0.2, 0.25) is 0 Å². The van der Waals surface area contributed by atoms with E-state index in [1.165, 1.54) is 0 Å². The highest BCUT2D eigenvalue weighted by atomic mass is 32.1. The van der Waals surface area contributed by atoms with Crippen LogP contribution in [0.25, 0.3) is 0 Å². The Hall–Kier alpha value is -2.47. The molecule has 5 nitrogen and oxygen atoms in total. The molecule has 6 heteroatoms. The van der Waals surface area contributed by atoms with Crippen molar-refractivity contribution in [3.8, 4) is 11.5 Å². The molecule has 144 valence electrons. The molecule has 27 heavy (non-hydrogen) atoms. The molecule has 0 radical (unpaired) electrons. The highest BCUT2D eigenvalue weighted by Gasteiger charge is 2.26. The summed E-state index contributed by atoms with van der Waals surface area (Å²) in [4.78, 5) is 4.37. The molecule has 0 aromatic heterocycles. The van der Waals surface area contributed by atoms with E-state index in [4.69, 9.17) is 21.7 Å². The highest BCUT2D eigenvalue weighted by Crippen LogP contribution is 2.32. The molecule has 1 aliphatic rings. The Balaban J connectivity index is 1.58. The van der Waals surface area contributed by atoms with Crippen molar-refractivity contribution in [2.45, 2.75) is 20.0 Å². The van der Waals surface area contributed by atoms with Crippen LogP contribution < -0.4 is 19.7 Å². The van der Waals surface area contributed by atoms with Gasteiger partial charge in [-0.05, 0) is 62.5 Å². The number of fused-ring (bicyclic) bond motifs is 1. The van der Waals surface area contributed by atoms with Gasteiger partial charge in [-0.25, -0.2) is 0 Å². The van der Waals surface area contributed by atoms with Gasteiger partial charge in [0, 0.05) is 19.3 Å². The summed E-state index contributed by atoms with van der Waals surface area (Å²) in [5, 5.41) is 3.95. The SMILES string of the molecule is CCOc1ccc(NC(=S)N(C)C[C@@H]2CN(CC)c3ccccc3O2)cc1. The summed E-state index contributed by atoms with van der Waals surface area (Å²) in [6.45, 7) is 7.32. The number of rotatable bonds is 6. The Kier molecular flexibility index (Phi) is 6.40. The smallest absolute Gasteiger partial charge is 0.173 e. The number of para-hydroxylation sites is 2. The molecule has 0 unspecified atom stereocenters. The summed E-state index contributed by atoms with van der Waals surface area (Å²) in [6.07, 6.45) is 0.0601. The number of nitrogens with zero attached hydrogens (tertiary/aromatic N) is 2. The van der Waals surface area contributed by atoms with Crippen molar-refractivity contribution in [3.63, 3.8) is 0 Å². The number of likely N-dealkylation sites (N-methyl/N-ethyl adjacent to an activating group) is 2. The lowest BCUT2D eigenvalue weighted by molar-refractivity contribution is 0.169. The number of nitrogens with one attached hydrogen (secondary N) is 1. The predicted molar refractivity (Wildman–Crippen MR) is 115 cm³/mol. The minimum absolute atomic E-state index is 0.0601. The summed E-state index contributed by atoms with van der Waals surface area (Å²) in [7, 11) is 1.99. The minimum Gasteiger partial charge on any atom is -0.494 e. The van der Waals surface area contributed by atoms with Crippen LogP contribution in [-0.2, 0) is 0 Å². The van der Waals surface area contributed by atoms with Gasteiger partial charge in [0.15, 0.2) is 5.11 Å². The molecule has 0 spiro atoms. The van der Waals surface area contributed by atoms with E-state index in [0.717, 1.165) is 36.0 Å². The Bertz CT molecular complexity index is 766. The first-order valence-electron chi connectivity index (χ1n) is 9.36. The van der Waals surface area contributed by atoms with Gasteiger partial charge in [-0.1, -0.05) is 12.1 Å². The van der Waals surface area contributed by atoms with Gasteiger partial charge >= 0.3 is 0 Å². The van der Waals surface area contributed by atoms with Gasteiger partial charge in [-0.2, -0.15) is 0 Å². The molecule has 1 heterocycles. The number of hydrogen-bond acceptors (Lipinski definition) is 4. The van der Waals surface area contributed by atoms with Crippen LogP contribution >= 0.6 is 12.2 Å². The van der Waals surface area contributed by atoms with Crippen LogP contribution in [0.3, 0.4) is 0 Å². The summed E-state index contributed by atoms with van der Waals surface area (Å²) in [5.74, 6) is 1.80. The van der Waals surface area contributed by atoms with E-state index in [1.54, 1.807) is 0 Å². The molecule has 0 amide bonds. The lowest BCUT2D eigenvalue weighted by Gasteiger charge is -2.37. The fourth-order valence-corrected chi connectivity index (χ4v) is 3.37. The number of benzene rings is 2. The molecular weight excluding hydrogens is 358 g/mol. The molecular formula is C21H27N3O2S. The molecule has 0 saturated carbocycles. The fourth-order valence-electron chi connectivity index (χ4n) is 3.18. The maximum absolute atomic E-state index is 6.19. The van der Waals surface area contributed by atoms with Crippen LogP contribution in [0.2, 0.25) is 0 Å². The first kappa shape index (κ1) is 19.3. The maximum Gasteiger partial charge on any atom is 0.173 e. The molecule has 2 aromatic carbocycles. The van der Waals surface area contributed by atoms with Crippen molar-refractivity contribution in [1.29, 1.82) is 0 Å². The van der Waals surface area contributed by atoms with Crippen LogP contribution in [0.4, 0.5) is 11.4 Å². The Morgan fingerprint density at radius 1 is 1.22 bits per heavy atom. The van der Waals surface area contributed by atoms with E-state index in [0.29, 0.717) is 18.3 Å². The maximum atomic E-state index is 6.19. The molecule has 3 rings (SSSR count). The first-order chi connectivity index (χ1) is 13.1. The van der Waals surface area contributed by atoms with Gasteiger partial charge in [0.25, 0.3) is 0 Å². The van der Waals surface area contributed by atoms with E-state index in [2.05, 4.69) is 23.2 Å². The molecule has 0 bridgehead atoms. The van der Waals surface area contributed by atoms with Gasteiger partial charge in [-0.3, -0.25) is 0 Å². The summed E-state index contributed by atoms with van der Waals surface area (Å²) in [6, 6.07) is 16.0. The third-order valence-corrected chi connectivity index (χ3v) is 4.96. The second kappa shape index (κ2) is 8.95. The van der Waals surface area contributed by atoms with Crippen molar-refractivity contribution in [3.05, 3.63) is 48.5 Å². The summed E-state index contributed by atoms with van der Waals surface area (Å²) >= 11 is 5.56. The average molecular weight is 386 g/mol. The van der Waals surface area contributed by atoms with Crippen LogP contribution in [0, 0.1) is 0 Å². The van der Waals surface area contributed by atoms with Crippen LogP contribution in [0.15, 0.2) is 48.5 Å². The van der Waals surface area contributed by atoms with Crippen molar-refractivity contribution in [2.24, 2.45) is 0 Å². The number of thiocarbonyl (C=S) groups is 1. The van der Waals surface area contributed by atoms with E-state index < -0.39 is 0 Å². The third-order valence-electron chi connectivity index (χ3n) is 4.55. The van der Waals surface area contributed by atoms with Gasteiger partial charge in [-0.15, -0.1) is 0 Å². The van der Waals surface area contributed by atoms with Crippen LogP contribution in [0.5, 0.6) is 11.5 Å². The summed E-state index contributed by atoms with van der Waals surface area (Å²) < 4.78 is 11.7. The zero-order valence-electron chi connectivity index (χ0n) is 16.1. The Morgan fingerprint density at radius 2 is 1.96 bits per heavy atom. The van der Waals surface area contributed by atoms with Gasteiger partial charge in [0.1, 0.15) is 17.6 Å². The predicted octanol–water partition coefficient (Wildman–Crippen LogP) is 4.00. The minimum atomic E-state index is 0.0601. The number of anilines is 2. The number of hydrogen-bond donors (Lipinski definition) is 1. The second-order valence-electron chi connectivity index (χ2n) is 6.51. The Labute approximate surface area is 166 Å². The standard InChI is InChI=1S/C21H27N3O2S/c1-4-24-15-18(26-20-9-7-6-8-19(20)24)14-23(3)21(27)22-16-10-12-17(13-11-16)25-5-2/h6-13,18H,4-5,14-15H2,1-3H3,(H,22,27)/t18-/m1/s1. The van der Waals surface area contributed by atoms with Crippen molar-refractivity contribution < 1.29 is 9.47 Å². The lowest BCUT2D eigenvalue weighted by Crippen LogP contribution is -2.47. The topological polar surface area (TPSA) is 37.0 Å². The van der Waals surface area contributed by atoms with Crippen LogP contribution in [-0.4, -0.2) is 49.4 Å². The highest BCUT2D eigenvalue weighted by molar-refractivity contribution is 7.80. The molecule has 2 aromatic rings. The number of ether oxygens (including phenoxy) is 2. The van der Waals surface area contributed by atoms with E-state index in [-0.39, 0.29) is 6.10 Å². The average Bonchev–Trinajstić information content (AvgIpc) is 2.69. The van der Waals surface area contributed by atoms with Crippen LogP contribution in [0.1, 0.15) is 13.8 Å². The quantitative estimate of drug-likeness (QED) is 0.758. The molecule has 1 atom stereocenters. The molecule has 0 saturated heterocycles. The molecule has 1 aliphatic heterocycles. The second-order valence-corrected chi connectivity index (χ2v) is 6.90. The Morgan fingerprint density at radius 3 is 2.67 bits per heavy atom.